The first-order valence-corrected chi connectivity index (χ1v) is 5.58. The molecule has 3 nitrogen and oxygen atoms in total. The van der Waals surface area contributed by atoms with E-state index in [1.807, 2.05) is 20.8 Å². The Labute approximate surface area is 101 Å². The highest BCUT2D eigenvalue weighted by Gasteiger charge is 2.03. The van der Waals surface area contributed by atoms with Crippen LogP contribution in [0.4, 0.5) is 10.1 Å². The summed E-state index contributed by atoms with van der Waals surface area (Å²) in [7, 11) is 0. The van der Waals surface area contributed by atoms with Crippen molar-refractivity contribution < 1.29 is 4.39 Å². The third-order valence-electron chi connectivity index (χ3n) is 2.63. The predicted octanol–water partition coefficient (Wildman–Crippen LogP) is 3.47. The smallest absolute Gasteiger partial charge is 0.148 e. The Morgan fingerprint density at radius 3 is 2.53 bits per heavy atom. The zero-order valence-corrected chi connectivity index (χ0v) is 10.4. The van der Waals surface area contributed by atoms with Gasteiger partial charge in [0.15, 0.2) is 0 Å². The SMILES string of the molecule is CCC(=N)C(C)=C(C)NNc1ccccc1F. The molecule has 0 aliphatic carbocycles. The molecule has 0 atom stereocenters. The second-order valence-corrected chi connectivity index (χ2v) is 3.81. The lowest BCUT2D eigenvalue weighted by Gasteiger charge is -2.13. The zero-order chi connectivity index (χ0) is 12.8. The van der Waals surface area contributed by atoms with Crippen LogP contribution in [0.25, 0.3) is 0 Å². The molecule has 0 bridgehead atoms. The highest BCUT2D eigenvalue weighted by Crippen LogP contribution is 2.12. The molecular weight excluding hydrogens is 217 g/mol. The molecule has 1 aromatic carbocycles. The molecule has 4 heteroatoms. The van der Waals surface area contributed by atoms with E-state index in [4.69, 9.17) is 5.41 Å². The number of hydrogen-bond donors (Lipinski definition) is 3. The summed E-state index contributed by atoms with van der Waals surface area (Å²) in [4.78, 5) is 0. The van der Waals surface area contributed by atoms with Gasteiger partial charge in [-0.25, -0.2) is 4.39 Å². The molecule has 17 heavy (non-hydrogen) atoms. The van der Waals surface area contributed by atoms with Crippen LogP contribution in [0.15, 0.2) is 35.5 Å². The molecule has 0 radical (unpaired) electrons. The molecule has 0 fully saturated rings. The van der Waals surface area contributed by atoms with E-state index < -0.39 is 0 Å². The number of allylic oxidation sites excluding steroid dienone is 2. The van der Waals surface area contributed by atoms with Gasteiger partial charge in [-0.1, -0.05) is 19.1 Å². The summed E-state index contributed by atoms with van der Waals surface area (Å²) in [6, 6.07) is 6.44. The molecule has 3 N–H and O–H groups in total. The van der Waals surface area contributed by atoms with E-state index in [1.165, 1.54) is 6.07 Å². The average molecular weight is 235 g/mol. The third kappa shape index (κ3) is 3.59. The molecular formula is C13H18FN3. The summed E-state index contributed by atoms with van der Waals surface area (Å²) >= 11 is 0. The lowest BCUT2D eigenvalue weighted by atomic mass is 10.1. The second kappa shape index (κ2) is 6.03. The summed E-state index contributed by atoms with van der Waals surface area (Å²) < 4.78 is 13.3. The van der Waals surface area contributed by atoms with Crippen LogP contribution in [0.3, 0.4) is 0 Å². The lowest BCUT2D eigenvalue weighted by Crippen LogP contribution is -2.22. The minimum Gasteiger partial charge on any atom is -0.305 e. The van der Waals surface area contributed by atoms with Gasteiger partial charge in [0, 0.05) is 11.4 Å². The first kappa shape index (κ1) is 13.2. The van der Waals surface area contributed by atoms with Gasteiger partial charge in [0.2, 0.25) is 0 Å². The van der Waals surface area contributed by atoms with Crippen molar-refractivity contribution in [3.8, 4) is 0 Å². The monoisotopic (exact) mass is 235 g/mol. The Morgan fingerprint density at radius 2 is 1.94 bits per heavy atom. The molecule has 0 unspecified atom stereocenters. The van der Waals surface area contributed by atoms with Gasteiger partial charge in [-0.3, -0.25) is 5.43 Å². The minimum atomic E-state index is -0.309. The Bertz CT molecular complexity index is 438. The topological polar surface area (TPSA) is 47.9 Å². The van der Waals surface area contributed by atoms with E-state index in [-0.39, 0.29) is 5.82 Å². The molecule has 0 aliphatic heterocycles. The fraction of sp³-hybridized carbons (Fsp3) is 0.308. The van der Waals surface area contributed by atoms with Crippen molar-refractivity contribution in [2.24, 2.45) is 0 Å². The molecule has 92 valence electrons. The quantitative estimate of drug-likeness (QED) is 0.540. The third-order valence-corrected chi connectivity index (χ3v) is 2.63. The van der Waals surface area contributed by atoms with Gasteiger partial charge < -0.3 is 10.8 Å². The second-order valence-electron chi connectivity index (χ2n) is 3.81. The molecule has 0 aliphatic rings. The van der Waals surface area contributed by atoms with Crippen LogP contribution in [0.1, 0.15) is 27.2 Å². The first-order chi connectivity index (χ1) is 8.06. The summed E-state index contributed by atoms with van der Waals surface area (Å²) in [5.74, 6) is -0.309. The van der Waals surface area contributed by atoms with E-state index in [9.17, 15) is 4.39 Å². The molecule has 0 aromatic heterocycles. The summed E-state index contributed by atoms with van der Waals surface area (Å²) in [6.45, 7) is 5.66. The van der Waals surface area contributed by atoms with Crippen molar-refractivity contribution in [3.05, 3.63) is 41.4 Å². The van der Waals surface area contributed by atoms with Gasteiger partial charge >= 0.3 is 0 Å². The standard InChI is InChI=1S/C13H18FN3/c1-4-12(15)9(2)10(3)16-17-13-8-6-5-7-11(13)14/h5-8,15-17H,4H2,1-3H3. The summed E-state index contributed by atoms with van der Waals surface area (Å²) in [6.07, 6.45) is 0.685. The van der Waals surface area contributed by atoms with E-state index in [0.717, 1.165) is 11.3 Å². The van der Waals surface area contributed by atoms with Gasteiger partial charge in [0.25, 0.3) is 0 Å². The Hall–Kier alpha value is -1.84. The van der Waals surface area contributed by atoms with Crippen LogP contribution in [0.2, 0.25) is 0 Å². The Balaban J connectivity index is 2.69. The Morgan fingerprint density at radius 1 is 1.29 bits per heavy atom. The lowest BCUT2D eigenvalue weighted by molar-refractivity contribution is 0.628. The number of halogens is 1. The van der Waals surface area contributed by atoms with E-state index in [0.29, 0.717) is 17.8 Å². The number of nitrogens with one attached hydrogen (secondary N) is 3. The minimum absolute atomic E-state index is 0.309. The van der Waals surface area contributed by atoms with Crippen molar-refractivity contribution >= 4 is 11.4 Å². The average Bonchev–Trinajstić information content (AvgIpc) is 2.35. The van der Waals surface area contributed by atoms with E-state index >= 15 is 0 Å². The van der Waals surface area contributed by atoms with Gasteiger partial charge in [0.1, 0.15) is 5.82 Å². The number of para-hydroxylation sites is 1. The number of rotatable bonds is 5. The van der Waals surface area contributed by atoms with Gasteiger partial charge in [-0.15, -0.1) is 0 Å². The highest BCUT2D eigenvalue weighted by atomic mass is 19.1. The van der Waals surface area contributed by atoms with Crippen molar-refractivity contribution in [1.82, 2.24) is 5.43 Å². The van der Waals surface area contributed by atoms with Crippen LogP contribution in [0.5, 0.6) is 0 Å². The molecule has 0 saturated carbocycles. The number of hydrogen-bond acceptors (Lipinski definition) is 3. The largest absolute Gasteiger partial charge is 0.305 e. The summed E-state index contributed by atoms with van der Waals surface area (Å²) in [5.41, 5.74) is 8.35. The van der Waals surface area contributed by atoms with Crippen molar-refractivity contribution in [2.45, 2.75) is 27.2 Å². The van der Waals surface area contributed by atoms with Gasteiger partial charge in [0.05, 0.1) is 5.69 Å². The van der Waals surface area contributed by atoms with Crippen LogP contribution in [-0.2, 0) is 0 Å². The van der Waals surface area contributed by atoms with Crippen molar-refractivity contribution in [2.75, 3.05) is 5.43 Å². The maximum Gasteiger partial charge on any atom is 0.148 e. The van der Waals surface area contributed by atoms with E-state index in [2.05, 4.69) is 10.9 Å². The van der Waals surface area contributed by atoms with E-state index in [1.54, 1.807) is 18.2 Å². The zero-order valence-electron chi connectivity index (χ0n) is 10.4. The predicted molar refractivity (Wildman–Crippen MR) is 69.6 cm³/mol. The van der Waals surface area contributed by atoms with Crippen molar-refractivity contribution in [1.29, 1.82) is 5.41 Å². The molecule has 1 rings (SSSR count). The Kier molecular flexibility index (Phi) is 4.69. The van der Waals surface area contributed by atoms with Gasteiger partial charge in [-0.2, -0.15) is 0 Å². The van der Waals surface area contributed by atoms with Crippen molar-refractivity contribution in [3.63, 3.8) is 0 Å². The maximum absolute atomic E-state index is 13.3. The number of benzene rings is 1. The number of hydrazine groups is 1. The van der Waals surface area contributed by atoms with Crippen LogP contribution >= 0.6 is 0 Å². The number of anilines is 1. The fourth-order valence-electron chi connectivity index (χ4n) is 1.31. The first-order valence-electron chi connectivity index (χ1n) is 5.58. The molecule has 0 saturated heterocycles. The van der Waals surface area contributed by atoms with Crippen LogP contribution in [0, 0.1) is 11.2 Å². The highest BCUT2D eigenvalue weighted by molar-refractivity contribution is 5.97. The molecule has 0 amide bonds. The van der Waals surface area contributed by atoms with Gasteiger partial charge in [-0.05, 0) is 38.0 Å². The molecule has 0 spiro atoms. The molecule has 1 aromatic rings. The molecule has 0 heterocycles. The van der Waals surface area contributed by atoms with Crippen LogP contribution in [-0.4, -0.2) is 5.71 Å². The maximum atomic E-state index is 13.3. The normalized spacial score (nSPS) is 11.8. The van der Waals surface area contributed by atoms with Crippen LogP contribution < -0.4 is 10.9 Å². The summed E-state index contributed by atoms with van der Waals surface area (Å²) in [5, 5.41) is 7.70. The fourth-order valence-corrected chi connectivity index (χ4v) is 1.31.